The molecule has 0 amide bonds. The number of aromatic hydroxyl groups is 1. The van der Waals surface area contributed by atoms with E-state index in [0.717, 1.165) is 5.56 Å². The van der Waals surface area contributed by atoms with Crippen LogP contribution in [-0.2, 0) is 16.1 Å². The number of carbonyl (C=O) groups excluding carboxylic acids is 1. The van der Waals surface area contributed by atoms with E-state index >= 15 is 0 Å². The fourth-order valence-corrected chi connectivity index (χ4v) is 3.19. The molecule has 0 bridgehead atoms. The average molecular weight is 426 g/mol. The van der Waals surface area contributed by atoms with Gasteiger partial charge in [-0.15, -0.1) is 0 Å². The van der Waals surface area contributed by atoms with Crippen molar-refractivity contribution in [2.45, 2.75) is 20.3 Å². The minimum absolute atomic E-state index is 0.0435. The topological polar surface area (TPSA) is 81.0 Å². The van der Waals surface area contributed by atoms with E-state index in [9.17, 15) is 18.7 Å². The van der Waals surface area contributed by atoms with E-state index in [-0.39, 0.29) is 42.3 Å². The number of pyridine rings is 1. The molecule has 0 fully saturated rings. The van der Waals surface area contributed by atoms with Crippen molar-refractivity contribution in [2.75, 3.05) is 6.61 Å². The monoisotopic (exact) mass is 426 g/mol. The number of rotatable bonds is 8. The normalized spacial score (nSPS) is 11.0. The number of hydrogen-bond acceptors (Lipinski definition) is 6. The lowest BCUT2D eigenvalue weighted by Gasteiger charge is -2.15. The van der Waals surface area contributed by atoms with Crippen molar-refractivity contribution < 1.29 is 28.3 Å². The Labute approximate surface area is 177 Å². The summed E-state index contributed by atoms with van der Waals surface area (Å²) in [6.45, 7) is 3.53. The zero-order valence-electron chi connectivity index (χ0n) is 16.9. The summed E-state index contributed by atoms with van der Waals surface area (Å²) in [5.41, 5.74) is 2.73. The molecular formula is C23H20F2N2O4. The molecule has 0 atom stereocenters. The van der Waals surface area contributed by atoms with E-state index in [2.05, 4.69) is 15.0 Å². The first-order chi connectivity index (χ1) is 14.9. The Hall–Kier alpha value is -3.81. The van der Waals surface area contributed by atoms with Crippen molar-refractivity contribution in [2.24, 2.45) is 5.16 Å². The molecule has 1 N–H and O–H groups in total. The number of aryl methyl sites for hydroxylation is 1. The van der Waals surface area contributed by atoms with E-state index < -0.39 is 11.6 Å². The standard InChI is InChI=1S/C23H20F2N2O4/c1-14-11-21(30-10-9-26-31-13-28)22(25)15(2)18(14)12-16-7-8-20(29)23(27-16)17-5-3-4-6-19(17)24/h3-9,11,13,29H,10,12H2,1-2H3. The Morgan fingerprint density at radius 3 is 2.68 bits per heavy atom. The average Bonchev–Trinajstić information content (AvgIpc) is 2.76. The predicted molar refractivity (Wildman–Crippen MR) is 111 cm³/mol. The summed E-state index contributed by atoms with van der Waals surface area (Å²) >= 11 is 0. The lowest BCUT2D eigenvalue weighted by atomic mass is 9.97. The number of hydrogen-bond donors (Lipinski definition) is 1. The van der Waals surface area contributed by atoms with Crippen LogP contribution in [0.15, 0.2) is 47.6 Å². The van der Waals surface area contributed by atoms with Crippen LogP contribution in [0.1, 0.15) is 22.4 Å². The second-order valence-corrected chi connectivity index (χ2v) is 6.74. The third-order valence-electron chi connectivity index (χ3n) is 4.73. The largest absolute Gasteiger partial charge is 0.506 e. The van der Waals surface area contributed by atoms with E-state index in [4.69, 9.17) is 4.74 Å². The highest BCUT2D eigenvalue weighted by atomic mass is 19.1. The molecule has 31 heavy (non-hydrogen) atoms. The number of aromatic nitrogens is 1. The smallest absolute Gasteiger partial charge is 0.323 e. The van der Waals surface area contributed by atoms with E-state index in [0.29, 0.717) is 16.8 Å². The van der Waals surface area contributed by atoms with Crippen molar-refractivity contribution in [1.82, 2.24) is 4.98 Å². The van der Waals surface area contributed by atoms with Crippen LogP contribution in [-0.4, -0.2) is 29.4 Å². The van der Waals surface area contributed by atoms with Gasteiger partial charge in [-0.05, 0) is 60.9 Å². The van der Waals surface area contributed by atoms with Gasteiger partial charge in [-0.3, -0.25) is 4.79 Å². The molecule has 0 radical (unpaired) electrons. The maximum atomic E-state index is 14.8. The number of carbonyl (C=O) groups is 1. The van der Waals surface area contributed by atoms with Crippen LogP contribution in [0.2, 0.25) is 0 Å². The second-order valence-electron chi connectivity index (χ2n) is 6.74. The third-order valence-corrected chi connectivity index (χ3v) is 4.73. The molecular weight excluding hydrogens is 406 g/mol. The maximum absolute atomic E-state index is 14.8. The van der Waals surface area contributed by atoms with Crippen molar-refractivity contribution in [1.29, 1.82) is 0 Å². The van der Waals surface area contributed by atoms with Crippen LogP contribution >= 0.6 is 0 Å². The molecule has 8 heteroatoms. The number of ether oxygens (including phenoxy) is 1. The highest BCUT2D eigenvalue weighted by molar-refractivity contribution is 5.66. The van der Waals surface area contributed by atoms with Gasteiger partial charge in [0.05, 0.1) is 6.21 Å². The lowest BCUT2D eigenvalue weighted by molar-refractivity contribution is -0.128. The second kappa shape index (κ2) is 9.80. The summed E-state index contributed by atoms with van der Waals surface area (Å²) in [7, 11) is 0. The van der Waals surface area contributed by atoms with Crippen molar-refractivity contribution >= 4 is 12.7 Å². The first-order valence-electron chi connectivity index (χ1n) is 9.38. The van der Waals surface area contributed by atoms with Gasteiger partial charge in [0, 0.05) is 17.7 Å². The quantitative estimate of drug-likeness (QED) is 0.249. The zero-order valence-corrected chi connectivity index (χ0v) is 16.9. The third kappa shape index (κ3) is 5.03. The van der Waals surface area contributed by atoms with Crippen LogP contribution in [0.3, 0.4) is 0 Å². The molecule has 3 aromatic rings. The molecule has 1 heterocycles. The molecule has 0 saturated heterocycles. The van der Waals surface area contributed by atoms with Crippen LogP contribution < -0.4 is 4.74 Å². The maximum Gasteiger partial charge on any atom is 0.323 e. The molecule has 0 spiro atoms. The van der Waals surface area contributed by atoms with E-state index in [1.54, 1.807) is 31.2 Å². The first-order valence-corrected chi connectivity index (χ1v) is 9.38. The van der Waals surface area contributed by atoms with Gasteiger partial charge in [-0.1, -0.05) is 17.3 Å². The molecule has 0 aliphatic carbocycles. The lowest BCUT2D eigenvalue weighted by Crippen LogP contribution is -2.06. The number of nitrogens with zero attached hydrogens (tertiary/aromatic N) is 2. The van der Waals surface area contributed by atoms with Crippen LogP contribution in [0, 0.1) is 25.5 Å². The van der Waals surface area contributed by atoms with Crippen LogP contribution in [0.5, 0.6) is 11.5 Å². The highest BCUT2D eigenvalue weighted by Crippen LogP contribution is 2.32. The summed E-state index contributed by atoms with van der Waals surface area (Å²) in [6.07, 6.45) is 1.47. The molecule has 0 unspecified atom stereocenters. The highest BCUT2D eigenvalue weighted by Gasteiger charge is 2.17. The molecule has 0 aliphatic heterocycles. The molecule has 1 aromatic heterocycles. The van der Waals surface area contributed by atoms with Gasteiger partial charge < -0.3 is 14.7 Å². The first kappa shape index (κ1) is 21.9. The van der Waals surface area contributed by atoms with E-state index in [1.807, 2.05) is 6.92 Å². The summed E-state index contributed by atoms with van der Waals surface area (Å²) in [4.78, 5) is 18.6. The van der Waals surface area contributed by atoms with Crippen LogP contribution in [0.25, 0.3) is 11.3 Å². The van der Waals surface area contributed by atoms with Gasteiger partial charge in [-0.2, -0.15) is 0 Å². The fraction of sp³-hybridized carbons (Fsp3) is 0.174. The Morgan fingerprint density at radius 2 is 1.94 bits per heavy atom. The van der Waals surface area contributed by atoms with Gasteiger partial charge in [0.1, 0.15) is 23.9 Å². The van der Waals surface area contributed by atoms with Gasteiger partial charge >= 0.3 is 6.47 Å². The Morgan fingerprint density at radius 1 is 1.16 bits per heavy atom. The van der Waals surface area contributed by atoms with Gasteiger partial charge in [-0.25, -0.2) is 13.8 Å². The van der Waals surface area contributed by atoms with E-state index in [1.165, 1.54) is 24.4 Å². The SMILES string of the molecule is Cc1cc(OCC=NOC=O)c(F)c(C)c1Cc1ccc(O)c(-c2ccccc2F)n1. The Balaban J connectivity index is 1.88. The van der Waals surface area contributed by atoms with Gasteiger partial charge in [0.25, 0.3) is 0 Å². The molecule has 6 nitrogen and oxygen atoms in total. The fourth-order valence-electron chi connectivity index (χ4n) is 3.19. The number of oxime groups is 1. The van der Waals surface area contributed by atoms with Crippen LogP contribution in [0.4, 0.5) is 8.78 Å². The van der Waals surface area contributed by atoms with Crippen molar-refractivity contribution in [3.8, 4) is 22.8 Å². The summed E-state index contributed by atoms with van der Waals surface area (Å²) in [6, 6.07) is 10.7. The molecule has 0 saturated carbocycles. The summed E-state index contributed by atoms with van der Waals surface area (Å²) < 4.78 is 34.3. The molecule has 0 aliphatic rings. The summed E-state index contributed by atoms with van der Waals surface area (Å²) in [5, 5.41) is 13.5. The van der Waals surface area contributed by atoms with Crippen molar-refractivity contribution in [3.05, 3.63) is 76.5 Å². The Kier molecular flexibility index (Phi) is 6.92. The summed E-state index contributed by atoms with van der Waals surface area (Å²) in [5.74, 6) is -1.12. The molecule has 3 rings (SSSR count). The Bertz CT molecular complexity index is 1130. The van der Waals surface area contributed by atoms with Crippen molar-refractivity contribution in [3.63, 3.8) is 0 Å². The molecule has 160 valence electrons. The van der Waals surface area contributed by atoms with Gasteiger partial charge in [0.15, 0.2) is 11.6 Å². The molecule has 2 aromatic carbocycles. The number of benzene rings is 2. The number of halogens is 2. The minimum atomic E-state index is -0.529. The minimum Gasteiger partial charge on any atom is -0.506 e. The van der Waals surface area contributed by atoms with Gasteiger partial charge in [0.2, 0.25) is 0 Å². The zero-order chi connectivity index (χ0) is 22.4. The predicted octanol–water partition coefficient (Wildman–Crippen LogP) is 4.48.